The Kier molecular flexibility index (Phi) is 4.67. The van der Waals surface area contributed by atoms with Crippen molar-refractivity contribution in [2.75, 3.05) is 0 Å². The van der Waals surface area contributed by atoms with E-state index < -0.39 is 0 Å². The van der Waals surface area contributed by atoms with Crippen LogP contribution < -0.4 is 5.32 Å². The summed E-state index contributed by atoms with van der Waals surface area (Å²) in [5.41, 5.74) is 1.24. The first-order valence-electron chi connectivity index (χ1n) is 5.01. The van der Waals surface area contributed by atoms with Gasteiger partial charge in [-0.25, -0.2) is 0 Å². The predicted molar refractivity (Wildman–Crippen MR) is 68.5 cm³/mol. The molecule has 1 unspecified atom stereocenters. The molecular weight excluding hydrogens is 226 g/mol. The first kappa shape index (κ1) is 12.6. The van der Waals surface area contributed by atoms with Crippen LogP contribution in [-0.4, -0.2) is 11.2 Å². The second-order valence-electron chi connectivity index (χ2n) is 3.93. The van der Waals surface area contributed by atoms with Gasteiger partial charge in [-0.3, -0.25) is 4.79 Å². The molecule has 0 aliphatic heterocycles. The molecule has 1 atom stereocenters. The Labute approximate surface area is 100 Å². The maximum absolute atomic E-state index is 11.6. The molecule has 84 valence electrons. The molecule has 0 spiro atoms. The molecule has 0 saturated carbocycles. The minimum absolute atomic E-state index is 0.0149. The van der Waals surface area contributed by atoms with E-state index in [1.165, 1.54) is 10.4 Å². The first-order chi connectivity index (χ1) is 7.02. The standard InChI is InChI=1S/C11H17NOS2/c1-7(2)10(14)11(13)12-6-9-8(3)4-5-15-9/h4-5,7,10,14H,6H2,1-3H3,(H,12,13). The zero-order valence-electron chi connectivity index (χ0n) is 9.28. The lowest BCUT2D eigenvalue weighted by Crippen LogP contribution is -2.33. The summed E-state index contributed by atoms with van der Waals surface area (Å²) in [4.78, 5) is 12.8. The summed E-state index contributed by atoms with van der Waals surface area (Å²) in [5.74, 6) is 0.277. The molecule has 1 N–H and O–H groups in total. The Morgan fingerprint density at radius 2 is 2.27 bits per heavy atom. The van der Waals surface area contributed by atoms with Crippen molar-refractivity contribution in [1.82, 2.24) is 5.32 Å². The molecule has 1 aromatic heterocycles. The van der Waals surface area contributed by atoms with Gasteiger partial charge in [0.15, 0.2) is 0 Å². The molecule has 1 amide bonds. The molecule has 0 saturated heterocycles. The van der Waals surface area contributed by atoms with E-state index >= 15 is 0 Å². The van der Waals surface area contributed by atoms with Crippen molar-refractivity contribution in [2.24, 2.45) is 5.92 Å². The summed E-state index contributed by atoms with van der Waals surface area (Å²) in [7, 11) is 0. The maximum atomic E-state index is 11.6. The fourth-order valence-electron chi connectivity index (χ4n) is 1.16. The van der Waals surface area contributed by atoms with E-state index in [-0.39, 0.29) is 17.1 Å². The van der Waals surface area contributed by atoms with E-state index in [1.54, 1.807) is 11.3 Å². The monoisotopic (exact) mass is 243 g/mol. The van der Waals surface area contributed by atoms with Crippen molar-refractivity contribution >= 4 is 29.9 Å². The highest BCUT2D eigenvalue weighted by Crippen LogP contribution is 2.15. The topological polar surface area (TPSA) is 29.1 Å². The van der Waals surface area contributed by atoms with Crippen LogP contribution in [0.25, 0.3) is 0 Å². The van der Waals surface area contributed by atoms with Gasteiger partial charge in [-0.2, -0.15) is 12.6 Å². The van der Waals surface area contributed by atoms with E-state index in [4.69, 9.17) is 0 Å². The summed E-state index contributed by atoms with van der Waals surface area (Å²) in [6.45, 7) is 6.66. The van der Waals surface area contributed by atoms with E-state index in [0.29, 0.717) is 6.54 Å². The highest BCUT2D eigenvalue weighted by Gasteiger charge is 2.17. The summed E-state index contributed by atoms with van der Waals surface area (Å²) in [5, 5.41) is 4.72. The average Bonchev–Trinajstić information content (AvgIpc) is 2.59. The van der Waals surface area contributed by atoms with Gasteiger partial charge in [0, 0.05) is 4.88 Å². The van der Waals surface area contributed by atoms with Crippen LogP contribution >= 0.6 is 24.0 Å². The number of nitrogens with one attached hydrogen (secondary N) is 1. The summed E-state index contributed by atoms with van der Waals surface area (Å²) >= 11 is 5.94. The second-order valence-corrected chi connectivity index (χ2v) is 5.49. The SMILES string of the molecule is Cc1ccsc1CNC(=O)C(S)C(C)C. The van der Waals surface area contributed by atoms with Gasteiger partial charge in [0.05, 0.1) is 11.8 Å². The number of thiophene rings is 1. The van der Waals surface area contributed by atoms with Crippen LogP contribution in [-0.2, 0) is 11.3 Å². The van der Waals surface area contributed by atoms with E-state index in [1.807, 2.05) is 19.2 Å². The lowest BCUT2D eigenvalue weighted by molar-refractivity contribution is -0.121. The number of rotatable bonds is 4. The van der Waals surface area contributed by atoms with Crippen molar-refractivity contribution in [3.05, 3.63) is 21.9 Å². The fourth-order valence-corrected chi connectivity index (χ4v) is 2.10. The van der Waals surface area contributed by atoms with Crippen molar-refractivity contribution < 1.29 is 4.79 Å². The Hall–Kier alpha value is -0.480. The third kappa shape index (κ3) is 3.54. The quantitative estimate of drug-likeness (QED) is 0.782. The molecular formula is C11H17NOS2. The van der Waals surface area contributed by atoms with E-state index in [0.717, 1.165) is 0 Å². The van der Waals surface area contributed by atoms with Crippen LogP contribution in [0.5, 0.6) is 0 Å². The number of thiol groups is 1. The molecule has 1 heterocycles. The molecule has 2 nitrogen and oxygen atoms in total. The van der Waals surface area contributed by atoms with Crippen molar-refractivity contribution in [3.63, 3.8) is 0 Å². The Morgan fingerprint density at radius 3 is 2.73 bits per heavy atom. The fraction of sp³-hybridized carbons (Fsp3) is 0.545. The molecule has 1 rings (SSSR count). The van der Waals surface area contributed by atoms with E-state index in [9.17, 15) is 4.79 Å². The molecule has 0 bridgehead atoms. The number of hydrogen-bond donors (Lipinski definition) is 2. The highest BCUT2D eigenvalue weighted by atomic mass is 32.1. The molecule has 0 radical (unpaired) electrons. The molecule has 0 aromatic carbocycles. The number of amides is 1. The summed E-state index contributed by atoms with van der Waals surface area (Å²) in [6.07, 6.45) is 0. The maximum Gasteiger partial charge on any atom is 0.233 e. The van der Waals surface area contributed by atoms with Gasteiger partial charge < -0.3 is 5.32 Å². The van der Waals surface area contributed by atoms with Crippen LogP contribution in [0.15, 0.2) is 11.4 Å². The van der Waals surface area contributed by atoms with Gasteiger partial charge in [0.1, 0.15) is 0 Å². The third-order valence-corrected chi connectivity index (χ3v) is 4.15. The molecule has 0 fully saturated rings. The highest BCUT2D eigenvalue weighted by molar-refractivity contribution is 7.81. The van der Waals surface area contributed by atoms with Crippen LogP contribution in [0.3, 0.4) is 0 Å². The third-order valence-electron chi connectivity index (χ3n) is 2.29. The lowest BCUT2D eigenvalue weighted by Gasteiger charge is -2.14. The normalized spacial score (nSPS) is 12.9. The lowest BCUT2D eigenvalue weighted by atomic mass is 10.1. The van der Waals surface area contributed by atoms with Crippen LogP contribution in [0.1, 0.15) is 24.3 Å². The van der Waals surface area contributed by atoms with Crippen LogP contribution in [0, 0.1) is 12.8 Å². The van der Waals surface area contributed by atoms with Gasteiger partial charge in [-0.15, -0.1) is 11.3 Å². The van der Waals surface area contributed by atoms with E-state index in [2.05, 4.69) is 30.9 Å². The number of aryl methyl sites for hydroxylation is 1. The summed E-state index contributed by atoms with van der Waals surface area (Å²) in [6, 6.07) is 2.06. The first-order valence-corrected chi connectivity index (χ1v) is 6.40. The molecule has 15 heavy (non-hydrogen) atoms. The minimum Gasteiger partial charge on any atom is -0.350 e. The Bertz CT molecular complexity index is 333. The zero-order valence-corrected chi connectivity index (χ0v) is 11.0. The molecule has 0 aliphatic rings. The summed E-state index contributed by atoms with van der Waals surface area (Å²) < 4.78 is 0. The van der Waals surface area contributed by atoms with Gasteiger partial charge in [-0.05, 0) is 29.9 Å². The number of hydrogen-bond acceptors (Lipinski definition) is 3. The molecule has 4 heteroatoms. The van der Waals surface area contributed by atoms with Crippen LogP contribution in [0.4, 0.5) is 0 Å². The number of carbonyl (C=O) groups excluding carboxylic acids is 1. The predicted octanol–water partition coefficient (Wildman–Crippen LogP) is 2.63. The molecule has 0 aliphatic carbocycles. The number of carbonyl (C=O) groups is 1. The average molecular weight is 243 g/mol. The van der Waals surface area contributed by atoms with Crippen molar-refractivity contribution in [1.29, 1.82) is 0 Å². The second kappa shape index (κ2) is 5.56. The zero-order chi connectivity index (χ0) is 11.4. The smallest absolute Gasteiger partial charge is 0.233 e. The minimum atomic E-state index is -0.217. The van der Waals surface area contributed by atoms with Gasteiger partial charge in [0.25, 0.3) is 0 Å². The molecule has 1 aromatic rings. The van der Waals surface area contributed by atoms with Crippen LogP contribution in [0.2, 0.25) is 0 Å². The van der Waals surface area contributed by atoms with Crippen molar-refractivity contribution in [3.8, 4) is 0 Å². The largest absolute Gasteiger partial charge is 0.350 e. The van der Waals surface area contributed by atoms with Gasteiger partial charge >= 0.3 is 0 Å². The van der Waals surface area contributed by atoms with Crippen molar-refractivity contribution in [2.45, 2.75) is 32.6 Å². The Morgan fingerprint density at radius 1 is 1.60 bits per heavy atom. The van der Waals surface area contributed by atoms with Gasteiger partial charge in [-0.1, -0.05) is 13.8 Å². The van der Waals surface area contributed by atoms with Gasteiger partial charge in [0.2, 0.25) is 5.91 Å². The Balaban J connectivity index is 2.44.